The molecule has 3 heterocycles. The smallest absolute Gasteiger partial charge is 0.424 e. The van der Waals surface area contributed by atoms with Crippen molar-refractivity contribution in [2.45, 2.75) is 62.6 Å². The van der Waals surface area contributed by atoms with Crippen molar-refractivity contribution in [1.82, 2.24) is 4.31 Å². The van der Waals surface area contributed by atoms with E-state index in [9.17, 15) is 13.2 Å². The van der Waals surface area contributed by atoms with Crippen LogP contribution >= 0.6 is 0 Å². The van der Waals surface area contributed by atoms with Gasteiger partial charge in [0, 0.05) is 0 Å². The van der Waals surface area contributed by atoms with E-state index in [2.05, 4.69) is 0 Å². The van der Waals surface area contributed by atoms with Crippen LogP contribution in [-0.2, 0) is 19.5 Å². The Bertz CT molecular complexity index is 523. The van der Waals surface area contributed by atoms with E-state index in [0.29, 0.717) is 12.8 Å². The molecular weight excluding hydrogens is 270 g/mol. The first-order chi connectivity index (χ1) is 8.64. The molecule has 0 aromatic rings. The normalized spacial score (nSPS) is 39.4. The van der Waals surface area contributed by atoms with Gasteiger partial charge in [0.15, 0.2) is 0 Å². The minimum Gasteiger partial charge on any atom is -0.443 e. The highest BCUT2D eigenvalue weighted by atomic mass is 32.2. The number of carbonyl (C=O) groups excluding carboxylic acids is 1. The number of amides is 1. The van der Waals surface area contributed by atoms with Crippen molar-refractivity contribution in [3.8, 4) is 0 Å². The van der Waals surface area contributed by atoms with Crippen molar-refractivity contribution >= 4 is 16.1 Å². The molecule has 0 aliphatic carbocycles. The van der Waals surface area contributed by atoms with E-state index in [1.165, 1.54) is 0 Å². The molecule has 3 aliphatic rings. The third kappa shape index (κ3) is 1.86. The van der Waals surface area contributed by atoms with E-state index >= 15 is 0 Å². The Kier molecular flexibility index (Phi) is 2.52. The Morgan fingerprint density at radius 3 is 2.63 bits per heavy atom. The monoisotopic (exact) mass is 289 g/mol. The summed E-state index contributed by atoms with van der Waals surface area (Å²) >= 11 is 0. The number of nitrogens with zero attached hydrogens (tertiary/aromatic N) is 1. The molecule has 0 radical (unpaired) electrons. The summed E-state index contributed by atoms with van der Waals surface area (Å²) in [5.41, 5.74) is -1.39. The number of sulfonamides is 1. The summed E-state index contributed by atoms with van der Waals surface area (Å²) in [5.74, 6) is 0. The summed E-state index contributed by atoms with van der Waals surface area (Å²) in [4.78, 5) is 12.0. The van der Waals surface area contributed by atoms with Crippen LogP contribution in [0.3, 0.4) is 0 Å². The average molecular weight is 289 g/mol. The lowest BCUT2D eigenvalue weighted by Crippen LogP contribution is -2.40. The van der Waals surface area contributed by atoms with Gasteiger partial charge in [-0.05, 0) is 40.0 Å². The molecule has 0 unspecified atom stereocenters. The maximum absolute atomic E-state index is 12.4. The molecular formula is C12H19NO5S. The van der Waals surface area contributed by atoms with Crippen LogP contribution in [-0.4, -0.2) is 47.9 Å². The van der Waals surface area contributed by atoms with Crippen LogP contribution in [0.1, 0.15) is 40.0 Å². The average Bonchev–Trinajstić information content (AvgIpc) is 2.85. The zero-order chi connectivity index (χ0) is 14.1. The van der Waals surface area contributed by atoms with E-state index in [1.807, 2.05) is 0 Å². The number of fused-ring (bicyclic) bond motifs is 1. The third-order valence-corrected chi connectivity index (χ3v) is 6.26. The highest BCUT2D eigenvalue weighted by Crippen LogP contribution is 2.52. The molecule has 3 saturated heterocycles. The number of hydrogen-bond acceptors (Lipinski definition) is 5. The second-order valence-corrected chi connectivity index (χ2v) is 8.64. The van der Waals surface area contributed by atoms with Gasteiger partial charge in [-0.1, -0.05) is 0 Å². The minimum atomic E-state index is -3.64. The highest BCUT2D eigenvalue weighted by Gasteiger charge is 2.67. The van der Waals surface area contributed by atoms with Crippen molar-refractivity contribution in [1.29, 1.82) is 0 Å². The molecule has 108 valence electrons. The van der Waals surface area contributed by atoms with Crippen molar-refractivity contribution in [3.05, 3.63) is 0 Å². The first-order valence-corrected chi connectivity index (χ1v) is 8.07. The van der Waals surface area contributed by atoms with Gasteiger partial charge in [0.2, 0.25) is 10.0 Å². The lowest BCUT2D eigenvalue weighted by Gasteiger charge is -2.24. The second kappa shape index (κ2) is 3.63. The number of rotatable bonds is 0. The number of hydrogen-bond donors (Lipinski definition) is 0. The third-order valence-electron chi connectivity index (χ3n) is 4.03. The maximum atomic E-state index is 12.4. The molecule has 19 heavy (non-hydrogen) atoms. The molecule has 7 heteroatoms. The van der Waals surface area contributed by atoms with Crippen molar-refractivity contribution in [2.75, 3.05) is 6.54 Å². The molecule has 3 fully saturated rings. The molecule has 1 amide bonds. The second-order valence-electron chi connectivity index (χ2n) is 6.60. The van der Waals surface area contributed by atoms with Gasteiger partial charge >= 0.3 is 6.09 Å². The fraction of sp³-hybridized carbons (Fsp3) is 0.917. The quantitative estimate of drug-likeness (QED) is 0.671. The molecule has 3 aliphatic heterocycles. The molecule has 0 saturated carbocycles. The van der Waals surface area contributed by atoms with Gasteiger partial charge in [0.1, 0.15) is 16.5 Å². The van der Waals surface area contributed by atoms with E-state index < -0.39 is 32.6 Å². The molecule has 6 nitrogen and oxygen atoms in total. The summed E-state index contributed by atoms with van der Waals surface area (Å²) in [7, 11) is -3.64. The van der Waals surface area contributed by atoms with E-state index in [-0.39, 0.29) is 12.6 Å². The molecule has 0 aromatic carbocycles. The van der Waals surface area contributed by atoms with E-state index in [4.69, 9.17) is 9.47 Å². The van der Waals surface area contributed by atoms with Crippen LogP contribution in [0.5, 0.6) is 0 Å². The van der Waals surface area contributed by atoms with E-state index in [0.717, 1.165) is 10.7 Å². The van der Waals surface area contributed by atoms with Crippen LogP contribution < -0.4 is 0 Å². The molecule has 3 atom stereocenters. The first-order valence-electron chi connectivity index (χ1n) is 6.56. The predicted molar refractivity (Wildman–Crippen MR) is 67.1 cm³/mol. The predicted octanol–water partition coefficient (Wildman–Crippen LogP) is 1.26. The van der Waals surface area contributed by atoms with Crippen LogP contribution in [0, 0.1) is 0 Å². The topological polar surface area (TPSA) is 72.9 Å². The van der Waals surface area contributed by atoms with Gasteiger partial charge < -0.3 is 9.47 Å². The van der Waals surface area contributed by atoms with Gasteiger partial charge in [0.25, 0.3) is 0 Å². The summed E-state index contributed by atoms with van der Waals surface area (Å²) in [6, 6.07) is 0. The van der Waals surface area contributed by atoms with Gasteiger partial charge in [0.05, 0.1) is 12.6 Å². The van der Waals surface area contributed by atoms with Crippen molar-refractivity contribution in [3.63, 3.8) is 0 Å². The molecule has 1 spiro atoms. The zero-order valence-corrected chi connectivity index (χ0v) is 12.2. The van der Waals surface area contributed by atoms with Gasteiger partial charge in [-0.15, -0.1) is 0 Å². The standard InChI is InChI=1S/C12H19NO5S/c1-11(2,3)18-10(14)13-7-12-5-4-8(17-12)6-9(12)19(13,15)16/h8-9H,4-7H2,1-3H3/t8-,9-,12-/m0/s1. The Morgan fingerprint density at radius 2 is 2.11 bits per heavy atom. The summed E-state index contributed by atoms with van der Waals surface area (Å²) in [6.45, 7) is 5.25. The van der Waals surface area contributed by atoms with Gasteiger partial charge in [-0.3, -0.25) is 0 Å². The lowest BCUT2D eigenvalue weighted by atomic mass is 9.88. The molecule has 3 rings (SSSR count). The minimum absolute atomic E-state index is 0.0422. The Hall–Kier alpha value is -0.820. The van der Waals surface area contributed by atoms with Crippen LogP contribution in [0.4, 0.5) is 4.79 Å². The van der Waals surface area contributed by atoms with E-state index in [1.54, 1.807) is 20.8 Å². The van der Waals surface area contributed by atoms with Crippen LogP contribution in [0.15, 0.2) is 0 Å². The van der Waals surface area contributed by atoms with Crippen molar-refractivity contribution in [2.24, 2.45) is 0 Å². The number of carbonyl (C=O) groups is 1. The van der Waals surface area contributed by atoms with Crippen LogP contribution in [0.25, 0.3) is 0 Å². The fourth-order valence-electron chi connectivity index (χ4n) is 3.29. The SMILES string of the molecule is CC(C)(C)OC(=O)N1C[C@@]23CC[C@@H](C[C@@H]2S1(=O)=O)O3. The first kappa shape index (κ1) is 13.2. The molecule has 2 bridgehead atoms. The largest absolute Gasteiger partial charge is 0.443 e. The maximum Gasteiger partial charge on any atom is 0.424 e. The summed E-state index contributed by atoms with van der Waals surface area (Å²) in [6.07, 6.45) is 1.35. The number of ether oxygens (including phenoxy) is 2. The zero-order valence-electron chi connectivity index (χ0n) is 11.4. The molecule has 0 aromatic heterocycles. The fourth-order valence-corrected chi connectivity index (χ4v) is 5.49. The Morgan fingerprint density at radius 1 is 1.42 bits per heavy atom. The van der Waals surface area contributed by atoms with Crippen LogP contribution in [0.2, 0.25) is 0 Å². The lowest BCUT2D eigenvalue weighted by molar-refractivity contribution is 0.00104. The Balaban J connectivity index is 1.87. The highest BCUT2D eigenvalue weighted by molar-refractivity contribution is 7.90. The van der Waals surface area contributed by atoms with Gasteiger partial charge in [-0.25, -0.2) is 17.5 Å². The van der Waals surface area contributed by atoms with Crippen molar-refractivity contribution < 1.29 is 22.7 Å². The summed E-state index contributed by atoms with van der Waals surface area (Å²) in [5, 5.41) is -0.578. The summed E-state index contributed by atoms with van der Waals surface area (Å²) < 4.78 is 36.7. The Labute approximate surface area is 113 Å². The van der Waals surface area contributed by atoms with Gasteiger partial charge in [-0.2, -0.15) is 0 Å². The molecule has 0 N–H and O–H groups in total.